The molecule has 0 spiro atoms. The van der Waals surface area contributed by atoms with Crippen LogP contribution in [0.4, 0.5) is 0 Å². The lowest BCUT2D eigenvalue weighted by Crippen LogP contribution is -2.31. The molecular formula is C28H27N2O+. The van der Waals surface area contributed by atoms with Gasteiger partial charge in [0.25, 0.3) is 0 Å². The van der Waals surface area contributed by atoms with E-state index in [0.717, 1.165) is 33.3 Å². The van der Waals surface area contributed by atoms with Crippen LogP contribution in [0.25, 0.3) is 44.5 Å². The maximum absolute atomic E-state index is 6.45. The zero-order valence-corrected chi connectivity index (χ0v) is 18.7. The fourth-order valence-electron chi connectivity index (χ4n) is 4.34. The molecule has 0 aliphatic heterocycles. The van der Waals surface area contributed by atoms with E-state index in [2.05, 4.69) is 106 Å². The van der Waals surface area contributed by atoms with Crippen LogP contribution in [0.1, 0.15) is 36.6 Å². The van der Waals surface area contributed by atoms with Crippen LogP contribution in [-0.4, -0.2) is 4.98 Å². The first-order valence-electron chi connectivity index (χ1n) is 10.8. The van der Waals surface area contributed by atoms with Gasteiger partial charge in [-0.25, -0.2) is 9.55 Å². The van der Waals surface area contributed by atoms with Gasteiger partial charge in [-0.3, -0.25) is 0 Å². The van der Waals surface area contributed by atoms with Crippen molar-refractivity contribution in [2.45, 2.75) is 33.6 Å². The molecule has 3 nitrogen and oxygen atoms in total. The molecule has 0 fully saturated rings. The first-order valence-corrected chi connectivity index (χ1v) is 10.8. The van der Waals surface area contributed by atoms with Crippen molar-refractivity contribution in [3.05, 3.63) is 83.7 Å². The van der Waals surface area contributed by atoms with Gasteiger partial charge in [0.2, 0.25) is 11.4 Å². The zero-order valence-electron chi connectivity index (χ0n) is 18.7. The van der Waals surface area contributed by atoms with Crippen molar-refractivity contribution in [3.63, 3.8) is 0 Å². The minimum atomic E-state index is 0.360. The van der Waals surface area contributed by atoms with E-state index in [1.54, 1.807) is 0 Å². The van der Waals surface area contributed by atoms with Crippen LogP contribution in [-0.2, 0) is 7.05 Å². The predicted molar refractivity (Wildman–Crippen MR) is 127 cm³/mol. The second-order valence-corrected chi connectivity index (χ2v) is 8.73. The molecule has 3 heteroatoms. The smallest absolute Gasteiger partial charge is 0.227 e. The molecule has 0 N–H and O–H groups in total. The molecule has 0 atom stereocenters. The Labute approximate surface area is 183 Å². The number of nitrogens with zero attached hydrogens (tertiary/aromatic N) is 2. The number of hydrogen-bond donors (Lipinski definition) is 0. The Bertz CT molecular complexity index is 1430. The summed E-state index contributed by atoms with van der Waals surface area (Å²) in [5, 5.41) is 2.17. The normalized spacial score (nSPS) is 11.7. The first kappa shape index (κ1) is 19.5. The van der Waals surface area contributed by atoms with Crippen LogP contribution < -0.4 is 4.57 Å². The lowest BCUT2D eigenvalue weighted by molar-refractivity contribution is -0.659. The molecule has 3 aromatic heterocycles. The van der Waals surface area contributed by atoms with Gasteiger partial charge in [-0.1, -0.05) is 55.8 Å². The van der Waals surface area contributed by atoms with Crippen molar-refractivity contribution >= 4 is 22.1 Å². The summed E-state index contributed by atoms with van der Waals surface area (Å²) in [6.45, 7) is 8.59. The standard InChI is InChI=1S/C28H27N2O/c1-17(2)24-15-14-23-22-13-10-19(4)25(27(22)31-28(23)29-24)26-21(7-6-16-30(26)5)20-11-8-18(3)9-12-20/h6-17H,1-5H3/q+1. The van der Waals surface area contributed by atoms with E-state index in [-0.39, 0.29) is 0 Å². The number of hydrogen-bond acceptors (Lipinski definition) is 2. The molecular weight excluding hydrogens is 380 g/mol. The highest BCUT2D eigenvalue weighted by molar-refractivity contribution is 6.09. The summed E-state index contributed by atoms with van der Waals surface area (Å²) in [5.74, 6) is 0.360. The Morgan fingerprint density at radius 1 is 0.871 bits per heavy atom. The van der Waals surface area contributed by atoms with Gasteiger partial charge in [-0.2, -0.15) is 0 Å². The highest BCUT2D eigenvalue weighted by atomic mass is 16.3. The second kappa shape index (κ2) is 7.35. The average molecular weight is 408 g/mol. The Kier molecular flexibility index (Phi) is 4.62. The molecule has 2 aromatic carbocycles. The number of aromatic nitrogens is 2. The Balaban J connectivity index is 1.84. The molecule has 0 aliphatic carbocycles. The number of rotatable bonds is 3. The van der Waals surface area contributed by atoms with Crippen molar-refractivity contribution < 1.29 is 8.98 Å². The minimum Gasteiger partial charge on any atom is -0.437 e. The van der Waals surface area contributed by atoms with E-state index in [4.69, 9.17) is 9.40 Å². The Morgan fingerprint density at radius 3 is 2.35 bits per heavy atom. The van der Waals surface area contributed by atoms with Crippen LogP contribution in [0.15, 0.2) is 71.3 Å². The maximum atomic E-state index is 6.45. The first-order chi connectivity index (χ1) is 14.9. The topological polar surface area (TPSA) is 29.9 Å². The number of benzene rings is 2. The zero-order chi connectivity index (χ0) is 21.7. The lowest BCUT2D eigenvalue weighted by Gasteiger charge is -2.11. The molecule has 0 bridgehead atoms. The second-order valence-electron chi connectivity index (χ2n) is 8.73. The fourth-order valence-corrected chi connectivity index (χ4v) is 4.34. The van der Waals surface area contributed by atoms with Crippen LogP contribution in [0.3, 0.4) is 0 Å². The lowest BCUT2D eigenvalue weighted by atomic mass is 9.94. The molecule has 0 unspecified atom stereocenters. The van der Waals surface area contributed by atoms with E-state index in [0.29, 0.717) is 11.6 Å². The quantitative estimate of drug-likeness (QED) is 0.305. The predicted octanol–water partition coefficient (Wildman–Crippen LogP) is 6.88. The number of pyridine rings is 2. The van der Waals surface area contributed by atoms with Crippen LogP contribution in [0.5, 0.6) is 0 Å². The van der Waals surface area contributed by atoms with Crippen LogP contribution >= 0.6 is 0 Å². The summed E-state index contributed by atoms with van der Waals surface area (Å²) >= 11 is 0. The molecule has 5 aromatic rings. The monoisotopic (exact) mass is 407 g/mol. The van der Waals surface area contributed by atoms with Gasteiger partial charge < -0.3 is 4.42 Å². The molecule has 3 heterocycles. The molecule has 0 amide bonds. The van der Waals surface area contributed by atoms with Gasteiger partial charge in [0.1, 0.15) is 7.05 Å². The average Bonchev–Trinajstić information content (AvgIpc) is 3.12. The minimum absolute atomic E-state index is 0.360. The third-order valence-electron chi connectivity index (χ3n) is 6.11. The van der Waals surface area contributed by atoms with Gasteiger partial charge in [0.05, 0.1) is 11.1 Å². The largest absolute Gasteiger partial charge is 0.437 e. The SMILES string of the molecule is Cc1ccc(-c2ccc[n+](C)c2-c2c(C)ccc3c2oc2nc(C(C)C)ccc23)cc1. The summed E-state index contributed by atoms with van der Waals surface area (Å²) in [4.78, 5) is 4.82. The summed E-state index contributed by atoms with van der Waals surface area (Å²) in [6.07, 6.45) is 2.10. The molecule has 0 radical (unpaired) electrons. The fraction of sp³-hybridized carbons (Fsp3) is 0.214. The van der Waals surface area contributed by atoms with Crippen molar-refractivity contribution in [2.24, 2.45) is 7.05 Å². The van der Waals surface area contributed by atoms with Crippen molar-refractivity contribution in [1.29, 1.82) is 0 Å². The van der Waals surface area contributed by atoms with Crippen molar-refractivity contribution in [2.75, 3.05) is 0 Å². The third kappa shape index (κ3) is 3.21. The summed E-state index contributed by atoms with van der Waals surface area (Å²) in [5.41, 5.74) is 9.77. The molecule has 0 saturated heterocycles. The Hall–Kier alpha value is -3.46. The van der Waals surface area contributed by atoms with E-state index in [9.17, 15) is 0 Å². The van der Waals surface area contributed by atoms with Crippen molar-refractivity contribution in [3.8, 4) is 22.4 Å². The molecule has 5 rings (SSSR count). The molecule has 154 valence electrons. The van der Waals surface area contributed by atoms with Crippen LogP contribution in [0, 0.1) is 13.8 Å². The van der Waals surface area contributed by atoms with Gasteiger partial charge in [-0.05, 0) is 49.1 Å². The number of fused-ring (bicyclic) bond motifs is 3. The Morgan fingerprint density at radius 2 is 1.61 bits per heavy atom. The van der Waals surface area contributed by atoms with Gasteiger partial charge in [-0.15, -0.1) is 0 Å². The maximum Gasteiger partial charge on any atom is 0.227 e. The summed E-state index contributed by atoms with van der Waals surface area (Å²) in [6, 6.07) is 21.6. The van der Waals surface area contributed by atoms with Crippen molar-refractivity contribution in [1.82, 2.24) is 4.98 Å². The molecule has 0 saturated carbocycles. The van der Waals surface area contributed by atoms with Gasteiger partial charge in [0, 0.05) is 22.5 Å². The highest BCUT2D eigenvalue weighted by Crippen LogP contribution is 2.40. The van der Waals surface area contributed by atoms with E-state index in [1.165, 1.54) is 22.3 Å². The molecule has 0 aliphatic rings. The van der Waals surface area contributed by atoms with E-state index >= 15 is 0 Å². The third-order valence-corrected chi connectivity index (χ3v) is 6.11. The van der Waals surface area contributed by atoms with Gasteiger partial charge in [0.15, 0.2) is 11.8 Å². The molecule has 31 heavy (non-hydrogen) atoms. The highest BCUT2D eigenvalue weighted by Gasteiger charge is 2.25. The van der Waals surface area contributed by atoms with E-state index < -0.39 is 0 Å². The summed E-state index contributed by atoms with van der Waals surface area (Å²) < 4.78 is 8.64. The van der Waals surface area contributed by atoms with E-state index in [1.807, 2.05) is 0 Å². The van der Waals surface area contributed by atoms with Gasteiger partial charge >= 0.3 is 0 Å². The number of aryl methyl sites for hydroxylation is 3. The summed E-state index contributed by atoms with van der Waals surface area (Å²) in [7, 11) is 2.10. The number of furan rings is 1. The van der Waals surface area contributed by atoms with Crippen LogP contribution in [0.2, 0.25) is 0 Å².